The number of ether oxygens (including phenoxy) is 1. The highest BCUT2D eigenvalue weighted by atomic mass is 32.1. The van der Waals surface area contributed by atoms with Gasteiger partial charge in [-0.3, -0.25) is 19.3 Å². The fourth-order valence-electron chi connectivity index (χ4n) is 5.33. The molecule has 10 nitrogen and oxygen atoms in total. The number of piperazine rings is 1. The largest absolute Gasteiger partial charge is 0.481 e. The van der Waals surface area contributed by atoms with E-state index in [0.29, 0.717) is 54.8 Å². The van der Waals surface area contributed by atoms with Crippen molar-refractivity contribution in [2.24, 2.45) is 0 Å². The molecule has 3 amide bonds. The predicted octanol–water partition coefficient (Wildman–Crippen LogP) is 4.48. The van der Waals surface area contributed by atoms with Crippen molar-refractivity contribution in [3.8, 4) is 5.75 Å². The second kappa shape index (κ2) is 13.0. The van der Waals surface area contributed by atoms with Gasteiger partial charge >= 0.3 is 0 Å². The highest BCUT2D eigenvalue weighted by Crippen LogP contribution is 2.44. The molecule has 1 saturated carbocycles. The average Bonchev–Trinajstić information content (AvgIpc) is 3.73. The van der Waals surface area contributed by atoms with Gasteiger partial charge in [-0.1, -0.05) is 12.6 Å². The molecule has 0 unspecified atom stereocenters. The zero-order valence-electron chi connectivity index (χ0n) is 25.1. The van der Waals surface area contributed by atoms with Crippen LogP contribution in [0.25, 0.3) is 0 Å². The molecule has 1 aliphatic heterocycles. The highest BCUT2D eigenvalue weighted by molar-refractivity contribution is 7.11. The number of pyridine rings is 1. The van der Waals surface area contributed by atoms with Crippen molar-refractivity contribution in [3.63, 3.8) is 0 Å². The summed E-state index contributed by atoms with van der Waals surface area (Å²) in [5, 5.41) is 6.38. The van der Waals surface area contributed by atoms with Gasteiger partial charge in [-0.2, -0.15) is 0 Å². The van der Waals surface area contributed by atoms with E-state index < -0.39 is 6.10 Å². The molecule has 2 N–H and O–H groups in total. The maximum atomic E-state index is 13.3. The minimum atomic E-state index is -0.454. The SMILES string of the molecule is C=CC(=O)N1CCN(C[C@@H](Oc2cc(C)c(C(=O)Nc3ncccc3C)cc2C(=O)NC)c2ncc(C3CC3)s2)C[C@H]1C. The van der Waals surface area contributed by atoms with Gasteiger partial charge in [-0.25, -0.2) is 9.97 Å². The summed E-state index contributed by atoms with van der Waals surface area (Å²) < 4.78 is 6.66. The normalized spacial score (nSPS) is 17.7. The molecular weight excluding hydrogens is 564 g/mol. The number of carbonyl (C=O) groups excluding carboxylic acids is 3. The Morgan fingerprint density at radius 3 is 2.60 bits per heavy atom. The van der Waals surface area contributed by atoms with Crippen LogP contribution in [-0.4, -0.2) is 76.8 Å². The number of hydrogen-bond acceptors (Lipinski definition) is 8. The number of hydrogen-bond donors (Lipinski definition) is 2. The van der Waals surface area contributed by atoms with Crippen molar-refractivity contribution in [1.29, 1.82) is 0 Å². The van der Waals surface area contributed by atoms with Gasteiger partial charge in [-0.15, -0.1) is 11.3 Å². The molecule has 43 heavy (non-hydrogen) atoms. The van der Waals surface area contributed by atoms with E-state index in [1.54, 1.807) is 42.8 Å². The van der Waals surface area contributed by atoms with E-state index in [0.717, 1.165) is 10.6 Å². The lowest BCUT2D eigenvalue weighted by atomic mass is 10.0. The van der Waals surface area contributed by atoms with Crippen molar-refractivity contribution < 1.29 is 19.1 Å². The first-order chi connectivity index (χ1) is 20.7. The summed E-state index contributed by atoms with van der Waals surface area (Å²) in [5.41, 5.74) is 2.11. The highest BCUT2D eigenvalue weighted by Gasteiger charge is 2.32. The molecule has 3 heterocycles. The summed E-state index contributed by atoms with van der Waals surface area (Å²) in [6, 6.07) is 7.01. The van der Waals surface area contributed by atoms with E-state index in [-0.39, 0.29) is 29.3 Å². The third-order valence-corrected chi connectivity index (χ3v) is 9.20. The smallest absolute Gasteiger partial charge is 0.257 e. The molecule has 3 aromatic rings. The monoisotopic (exact) mass is 602 g/mol. The molecule has 1 aliphatic carbocycles. The maximum Gasteiger partial charge on any atom is 0.257 e. The maximum absolute atomic E-state index is 13.3. The lowest BCUT2D eigenvalue weighted by molar-refractivity contribution is -0.130. The molecule has 1 saturated heterocycles. The average molecular weight is 603 g/mol. The molecule has 0 bridgehead atoms. The van der Waals surface area contributed by atoms with Crippen LogP contribution in [0.1, 0.15) is 73.5 Å². The zero-order valence-corrected chi connectivity index (χ0v) is 25.9. The number of carbonyl (C=O) groups is 3. The summed E-state index contributed by atoms with van der Waals surface area (Å²) in [7, 11) is 1.55. The molecule has 5 rings (SSSR count). The zero-order chi connectivity index (χ0) is 30.7. The number of aromatic nitrogens is 2. The Balaban J connectivity index is 1.43. The van der Waals surface area contributed by atoms with E-state index in [9.17, 15) is 14.4 Å². The van der Waals surface area contributed by atoms with Crippen LogP contribution in [-0.2, 0) is 4.79 Å². The summed E-state index contributed by atoms with van der Waals surface area (Å²) in [4.78, 5) is 53.0. The van der Waals surface area contributed by atoms with Gasteiger partial charge in [0.2, 0.25) is 5.91 Å². The van der Waals surface area contributed by atoms with Crippen LogP contribution in [0.3, 0.4) is 0 Å². The fraction of sp³-hybridized carbons (Fsp3) is 0.406. The van der Waals surface area contributed by atoms with E-state index in [1.807, 2.05) is 37.9 Å². The summed E-state index contributed by atoms with van der Waals surface area (Å²) in [5.74, 6) is 0.617. The second-order valence-corrected chi connectivity index (χ2v) is 12.3. The third-order valence-electron chi connectivity index (χ3n) is 7.94. The molecule has 2 aliphatic rings. The van der Waals surface area contributed by atoms with Crippen LogP contribution in [0.2, 0.25) is 0 Å². The van der Waals surface area contributed by atoms with Gasteiger partial charge < -0.3 is 20.3 Å². The molecule has 0 spiro atoms. The van der Waals surface area contributed by atoms with Gasteiger partial charge in [0.15, 0.2) is 6.10 Å². The predicted molar refractivity (Wildman–Crippen MR) is 167 cm³/mol. The Labute approximate surface area is 256 Å². The quantitative estimate of drug-likeness (QED) is 0.329. The van der Waals surface area contributed by atoms with E-state index >= 15 is 0 Å². The Morgan fingerprint density at radius 1 is 1.14 bits per heavy atom. The van der Waals surface area contributed by atoms with Crippen LogP contribution in [0.15, 0.2) is 49.3 Å². The fourth-order valence-corrected chi connectivity index (χ4v) is 6.44. The van der Waals surface area contributed by atoms with Crippen molar-refractivity contribution in [2.75, 3.05) is 38.5 Å². The number of nitrogens with one attached hydrogen (secondary N) is 2. The minimum Gasteiger partial charge on any atom is -0.481 e. The number of nitrogens with zero attached hydrogens (tertiary/aromatic N) is 4. The van der Waals surface area contributed by atoms with Crippen LogP contribution in [0.4, 0.5) is 5.82 Å². The minimum absolute atomic E-state index is 0.0161. The number of benzene rings is 1. The molecule has 1 aromatic carbocycles. The van der Waals surface area contributed by atoms with Gasteiger partial charge in [0, 0.05) is 62.1 Å². The molecule has 226 valence electrons. The number of rotatable bonds is 10. The first-order valence-electron chi connectivity index (χ1n) is 14.6. The number of anilines is 1. The summed E-state index contributed by atoms with van der Waals surface area (Å²) in [6.07, 6.45) is 6.81. The van der Waals surface area contributed by atoms with Gasteiger partial charge in [0.25, 0.3) is 11.8 Å². The standard InChI is InChI=1S/C32H38N6O4S/c1-6-28(39)38-13-12-37(17-21(38)4)18-26(32-35-16-27(43-32)22-9-10-22)42-25-14-20(3)23(15-24(25)30(40)33-5)31(41)36-29-19(2)8-7-11-34-29/h6-8,11,14-16,21-22,26H,1,9-10,12-13,17-18H2,2-5H3,(H,33,40)(H,34,36,41)/t21-,26-/m1/s1. The van der Waals surface area contributed by atoms with Crippen LogP contribution < -0.4 is 15.4 Å². The lowest BCUT2D eigenvalue weighted by Gasteiger charge is -2.40. The van der Waals surface area contributed by atoms with Gasteiger partial charge in [0.1, 0.15) is 16.6 Å². The lowest BCUT2D eigenvalue weighted by Crippen LogP contribution is -2.54. The molecule has 0 radical (unpaired) electrons. The molecular formula is C32H38N6O4S. The van der Waals surface area contributed by atoms with Crippen molar-refractivity contribution in [2.45, 2.75) is 51.7 Å². The molecule has 2 aromatic heterocycles. The Kier molecular flexibility index (Phi) is 9.22. The molecule has 2 fully saturated rings. The van der Waals surface area contributed by atoms with Crippen molar-refractivity contribution in [3.05, 3.63) is 81.5 Å². The van der Waals surface area contributed by atoms with Crippen molar-refractivity contribution >= 4 is 34.9 Å². The van der Waals surface area contributed by atoms with Gasteiger partial charge in [-0.05, 0) is 74.9 Å². The first kappa shape index (κ1) is 30.4. The number of thiazole rings is 1. The Bertz CT molecular complexity index is 1530. The summed E-state index contributed by atoms with van der Waals surface area (Å²) >= 11 is 1.65. The van der Waals surface area contributed by atoms with E-state index in [2.05, 4.69) is 27.1 Å². The van der Waals surface area contributed by atoms with Crippen LogP contribution in [0, 0.1) is 13.8 Å². The third kappa shape index (κ3) is 6.94. The second-order valence-electron chi connectivity index (χ2n) is 11.2. The Morgan fingerprint density at radius 2 is 1.93 bits per heavy atom. The summed E-state index contributed by atoms with van der Waals surface area (Å²) in [6.45, 7) is 11.8. The molecule has 11 heteroatoms. The van der Waals surface area contributed by atoms with Gasteiger partial charge in [0.05, 0.1) is 5.56 Å². The molecule has 2 atom stereocenters. The van der Waals surface area contributed by atoms with E-state index in [4.69, 9.17) is 9.72 Å². The Hall–Kier alpha value is -4.09. The first-order valence-corrected chi connectivity index (χ1v) is 15.4. The topological polar surface area (TPSA) is 117 Å². The number of aryl methyl sites for hydroxylation is 2. The number of amides is 3. The van der Waals surface area contributed by atoms with Crippen LogP contribution in [0.5, 0.6) is 5.75 Å². The van der Waals surface area contributed by atoms with Crippen LogP contribution >= 0.6 is 11.3 Å². The van der Waals surface area contributed by atoms with E-state index in [1.165, 1.54) is 23.8 Å². The van der Waals surface area contributed by atoms with Crippen molar-refractivity contribution in [1.82, 2.24) is 25.1 Å².